The van der Waals surface area contributed by atoms with Crippen molar-refractivity contribution in [2.75, 3.05) is 11.5 Å². The molecule has 0 aliphatic carbocycles. The fourth-order valence-electron chi connectivity index (χ4n) is 3.57. The lowest BCUT2D eigenvalue weighted by Crippen LogP contribution is -2.14. The molecule has 2 unspecified atom stereocenters. The lowest BCUT2D eigenvalue weighted by Gasteiger charge is -2.21. The van der Waals surface area contributed by atoms with E-state index in [4.69, 9.17) is 11.5 Å². The molecule has 29 heavy (non-hydrogen) atoms. The molecule has 0 aliphatic rings. The molecule has 3 heterocycles. The first-order valence-electron chi connectivity index (χ1n) is 10.00. The van der Waals surface area contributed by atoms with Gasteiger partial charge in [0.15, 0.2) is 0 Å². The molecule has 0 bridgehead atoms. The average molecular weight is 392 g/mol. The van der Waals surface area contributed by atoms with E-state index in [9.17, 15) is 0 Å². The standard InChI is InChI=1S/C22H29N7/c1-14(4-5-17-9-25-12-26-10-17)19-7-6-18(29-22(19)24)8-15(2)16(3)20-11-27-13-28-21(20)23/h6-7,9-16H,4-5,8H2,1-3H3,(H2,24,29)(H2,23,27,28)/t14-,15?,16?/m1/s1. The van der Waals surface area contributed by atoms with Gasteiger partial charge in [0.2, 0.25) is 0 Å². The van der Waals surface area contributed by atoms with Crippen LogP contribution in [0.1, 0.15) is 61.4 Å². The van der Waals surface area contributed by atoms with Crippen LogP contribution in [-0.2, 0) is 12.8 Å². The third-order valence-corrected chi connectivity index (χ3v) is 5.67. The van der Waals surface area contributed by atoms with Crippen LogP contribution in [0, 0.1) is 5.92 Å². The number of aromatic nitrogens is 5. The molecule has 3 atom stereocenters. The SMILES string of the molecule is CC(Cc1ccc([C@H](C)CCc2cncnc2)c(N)n1)C(C)c1cncnc1N. The number of nitrogens with zero attached hydrogens (tertiary/aromatic N) is 5. The van der Waals surface area contributed by atoms with Gasteiger partial charge in [0, 0.05) is 29.8 Å². The van der Waals surface area contributed by atoms with Crippen LogP contribution in [0.4, 0.5) is 11.6 Å². The largest absolute Gasteiger partial charge is 0.383 e. The minimum absolute atomic E-state index is 0.228. The van der Waals surface area contributed by atoms with Gasteiger partial charge in [0.05, 0.1) is 0 Å². The Bertz CT molecular complexity index is 929. The van der Waals surface area contributed by atoms with Crippen molar-refractivity contribution < 1.29 is 0 Å². The number of pyridine rings is 1. The number of nitrogen functional groups attached to an aromatic ring is 2. The number of aryl methyl sites for hydroxylation is 1. The summed E-state index contributed by atoms with van der Waals surface area (Å²) in [7, 11) is 0. The molecule has 0 aromatic carbocycles. The van der Waals surface area contributed by atoms with Gasteiger partial charge >= 0.3 is 0 Å². The zero-order valence-corrected chi connectivity index (χ0v) is 17.3. The predicted molar refractivity (Wildman–Crippen MR) is 115 cm³/mol. The van der Waals surface area contributed by atoms with Gasteiger partial charge in [-0.25, -0.2) is 24.9 Å². The van der Waals surface area contributed by atoms with Crippen LogP contribution in [0.25, 0.3) is 0 Å². The second-order valence-corrected chi connectivity index (χ2v) is 7.80. The molecular weight excluding hydrogens is 362 g/mol. The van der Waals surface area contributed by atoms with Crippen molar-refractivity contribution in [3.8, 4) is 0 Å². The molecule has 3 aromatic rings. The fourth-order valence-corrected chi connectivity index (χ4v) is 3.57. The summed E-state index contributed by atoms with van der Waals surface area (Å²) < 4.78 is 0. The van der Waals surface area contributed by atoms with Crippen molar-refractivity contribution >= 4 is 11.6 Å². The summed E-state index contributed by atoms with van der Waals surface area (Å²) >= 11 is 0. The zero-order chi connectivity index (χ0) is 20.8. The van der Waals surface area contributed by atoms with Crippen LogP contribution in [0.15, 0.2) is 43.4 Å². The van der Waals surface area contributed by atoms with Crippen molar-refractivity contribution in [3.63, 3.8) is 0 Å². The molecule has 7 nitrogen and oxygen atoms in total. The molecule has 0 saturated heterocycles. The van der Waals surface area contributed by atoms with Crippen molar-refractivity contribution in [1.29, 1.82) is 0 Å². The Balaban J connectivity index is 1.63. The van der Waals surface area contributed by atoms with Gasteiger partial charge < -0.3 is 11.5 Å². The smallest absolute Gasteiger partial charge is 0.130 e. The Labute approximate surface area is 172 Å². The van der Waals surface area contributed by atoms with Crippen LogP contribution >= 0.6 is 0 Å². The number of anilines is 2. The van der Waals surface area contributed by atoms with E-state index >= 15 is 0 Å². The molecule has 3 rings (SSSR count). The van der Waals surface area contributed by atoms with E-state index < -0.39 is 0 Å². The first kappa shape index (κ1) is 20.6. The Morgan fingerprint density at radius 1 is 0.862 bits per heavy atom. The summed E-state index contributed by atoms with van der Waals surface area (Å²) in [6.07, 6.45) is 11.2. The number of rotatable bonds is 8. The maximum absolute atomic E-state index is 6.30. The molecule has 4 N–H and O–H groups in total. The summed E-state index contributed by atoms with van der Waals surface area (Å²) in [6, 6.07) is 4.20. The Morgan fingerprint density at radius 2 is 1.59 bits per heavy atom. The monoisotopic (exact) mass is 391 g/mol. The lowest BCUT2D eigenvalue weighted by atomic mass is 9.86. The summed E-state index contributed by atoms with van der Waals surface area (Å²) in [5.41, 5.74) is 16.5. The Morgan fingerprint density at radius 3 is 2.28 bits per heavy atom. The van der Waals surface area contributed by atoms with E-state index in [1.54, 1.807) is 12.5 Å². The second kappa shape index (κ2) is 9.41. The van der Waals surface area contributed by atoms with Crippen LogP contribution < -0.4 is 11.5 Å². The van der Waals surface area contributed by atoms with Crippen LogP contribution in [0.2, 0.25) is 0 Å². The van der Waals surface area contributed by atoms with E-state index in [2.05, 4.69) is 57.8 Å². The minimum atomic E-state index is 0.228. The molecule has 0 fully saturated rings. The number of hydrogen-bond acceptors (Lipinski definition) is 7. The van der Waals surface area contributed by atoms with Crippen molar-refractivity contribution in [1.82, 2.24) is 24.9 Å². The summed E-state index contributed by atoms with van der Waals surface area (Å²) in [6.45, 7) is 6.51. The third kappa shape index (κ3) is 5.25. The third-order valence-electron chi connectivity index (χ3n) is 5.67. The highest BCUT2D eigenvalue weighted by Gasteiger charge is 2.19. The highest BCUT2D eigenvalue weighted by molar-refractivity contribution is 5.43. The molecule has 0 spiro atoms. The summed E-state index contributed by atoms with van der Waals surface area (Å²) in [5.74, 6) is 2.03. The maximum atomic E-state index is 6.30. The van der Waals surface area contributed by atoms with Gasteiger partial charge in [-0.1, -0.05) is 26.8 Å². The molecular formula is C22H29N7. The first-order chi connectivity index (χ1) is 14.0. The van der Waals surface area contributed by atoms with Gasteiger partial charge in [-0.3, -0.25) is 0 Å². The first-order valence-corrected chi connectivity index (χ1v) is 10.00. The van der Waals surface area contributed by atoms with E-state index in [-0.39, 0.29) is 5.92 Å². The van der Waals surface area contributed by atoms with Gasteiger partial charge in [-0.05, 0) is 54.2 Å². The molecule has 7 heteroatoms. The average Bonchev–Trinajstić information content (AvgIpc) is 2.72. The molecule has 152 valence electrons. The highest BCUT2D eigenvalue weighted by atomic mass is 14.9. The van der Waals surface area contributed by atoms with E-state index in [0.717, 1.165) is 41.6 Å². The lowest BCUT2D eigenvalue weighted by molar-refractivity contribution is 0.479. The van der Waals surface area contributed by atoms with Crippen molar-refractivity contribution in [3.05, 3.63) is 65.8 Å². The normalized spacial score (nSPS) is 14.3. The topological polar surface area (TPSA) is 116 Å². The molecule has 0 amide bonds. The Kier molecular flexibility index (Phi) is 6.69. The summed E-state index contributed by atoms with van der Waals surface area (Å²) in [4.78, 5) is 21.0. The second-order valence-electron chi connectivity index (χ2n) is 7.80. The summed E-state index contributed by atoms with van der Waals surface area (Å²) in [5, 5.41) is 0. The molecule has 3 aromatic heterocycles. The van der Waals surface area contributed by atoms with Gasteiger partial charge in [0.25, 0.3) is 0 Å². The van der Waals surface area contributed by atoms with Crippen molar-refractivity contribution in [2.45, 2.75) is 51.9 Å². The Hall–Kier alpha value is -3.09. The number of nitrogens with two attached hydrogens (primary N) is 2. The van der Waals surface area contributed by atoms with E-state index in [1.807, 2.05) is 12.4 Å². The van der Waals surface area contributed by atoms with Gasteiger partial charge in [-0.15, -0.1) is 0 Å². The van der Waals surface area contributed by atoms with Gasteiger partial charge in [-0.2, -0.15) is 0 Å². The van der Waals surface area contributed by atoms with Gasteiger partial charge in [0.1, 0.15) is 24.3 Å². The minimum Gasteiger partial charge on any atom is -0.383 e. The van der Waals surface area contributed by atoms with Crippen LogP contribution in [0.5, 0.6) is 0 Å². The zero-order valence-electron chi connectivity index (χ0n) is 17.3. The van der Waals surface area contributed by atoms with Crippen LogP contribution in [0.3, 0.4) is 0 Å². The quantitative estimate of drug-likeness (QED) is 0.603. The molecule has 0 saturated carbocycles. The van der Waals surface area contributed by atoms with E-state index in [1.165, 1.54) is 6.33 Å². The van der Waals surface area contributed by atoms with Crippen LogP contribution in [-0.4, -0.2) is 24.9 Å². The highest BCUT2D eigenvalue weighted by Crippen LogP contribution is 2.30. The fraction of sp³-hybridized carbons (Fsp3) is 0.409. The van der Waals surface area contributed by atoms with Crippen molar-refractivity contribution in [2.24, 2.45) is 5.92 Å². The maximum Gasteiger partial charge on any atom is 0.130 e. The molecule has 0 radical (unpaired) electrons. The predicted octanol–water partition coefficient (Wildman–Crippen LogP) is 3.54. The van der Waals surface area contributed by atoms with E-state index in [0.29, 0.717) is 23.5 Å². The number of hydrogen-bond donors (Lipinski definition) is 2. The molecule has 0 aliphatic heterocycles.